The first-order valence-corrected chi connectivity index (χ1v) is 5.82. The van der Waals surface area contributed by atoms with Gasteiger partial charge in [-0.2, -0.15) is 0 Å². The third-order valence-corrected chi connectivity index (χ3v) is 3.35. The van der Waals surface area contributed by atoms with Gasteiger partial charge >= 0.3 is 0 Å². The van der Waals surface area contributed by atoms with Gasteiger partial charge in [0, 0.05) is 11.8 Å². The van der Waals surface area contributed by atoms with Crippen LogP contribution in [0, 0.1) is 0 Å². The van der Waals surface area contributed by atoms with Crippen LogP contribution in [0.25, 0.3) is 10.2 Å². The fourth-order valence-electron chi connectivity index (χ4n) is 1.61. The Morgan fingerprint density at radius 1 is 1.53 bits per heavy atom. The lowest BCUT2D eigenvalue weighted by Gasteiger charge is -2.08. The summed E-state index contributed by atoms with van der Waals surface area (Å²) in [6.45, 7) is 3.79. The Morgan fingerprint density at radius 3 is 3.07 bits per heavy atom. The van der Waals surface area contributed by atoms with Crippen molar-refractivity contribution in [3.8, 4) is 0 Å². The fourth-order valence-corrected chi connectivity index (χ4v) is 2.35. The first-order valence-electron chi connectivity index (χ1n) is 4.94. The van der Waals surface area contributed by atoms with Gasteiger partial charge in [-0.25, -0.2) is 9.97 Å². The minimum atomic E-state index is -0.130. The Hall–Kier alpha value is -1.29. The van der Waals surface area contributed by atoms with Gasteiger partial charge in [0.05, 0.1) is 11.6 Å². The average molecular weight is 220 g/mol. The maximum Gasteiger partial charge on any atom is 0.141 e. The van der Waals surface area contributed by atoms with Gasteiger partial charge in [0.1, 0.15) is 16.9 Å². The van der Waals surface area contributed by atoms with E-state index in [9.17, 15) is 4.79 Å². The molecule has 0 aliphatic heterocycles. The molecule has 0 bridgehead atoms. The lowest BCUT2D eigenvalue weighted by Crippen LogP contribution is -2.09. The van der Waals surface area contributed by atoms with E-state index < -0.39 is 0 Å². The molecular weight excluding hydrogens is 208 g/mol. The summed E-state index contributed by atoms with van der Waals surface area (Å²) in [7, 11) is 0. The zero-order valence-electron chi connectivity index (χ0n) is 8.73. The zero-order valence-corrected chi connectivity index (χ0v) is 9.54. The Labute approximate surface area is 92.2 Å². The second-order valence-electron chi connectivity index (χ2n) is 3.44. The number of fused-ring (bicyclic) bond motifs is 1. The van der Waals surface area contributed by atoms with Crippen molar-refractivity contribution >= 4 is 27.3 Å². The molecule has 0 aromatic carbocycles. The molecule has 0 N–H and O–H groups in total. The molecular formula is C11H12N2OS. The minimum Gasteiger partial charge on any atom is -0.299 e. The van der Waals surface area contributed by atoms with Crippen molar-refractivity contribution < 1.29 is 4.79 Å². The minimum absolute atomic E-state index is 0.130. The summed E-state index contributed by atoms with van der Waals surface area (Å²) in [5, 5.41) is 2.99. The number of nitrogens with zero attached hydrogens (tertiary/aromatic N) is 2. The highest BCUT2D eigenvalue weighted by Gasteiger charge is 2.17. The van der Waals surface area contributed by atoms with E-state index in [4.69, 9.17) is 0 Å². The molecule has 4 heteroatoms. The molecule has 0 aliphatic carbocycles. The molecule has 0 amide bonds. The number of thiophene rings is 1. The van der Waals surface area contributed by atoms with Gasteiger partial charge in [0.25, 0.3) is 0 Å². The summed E-state index contributed by atoms with van der Waals surface area (Å²) in [5.74, 6) is 0.0938. The van der Waals surface area contributed by atoms with E-state index in [-0.39, 0.29) is 11.7 Å². The SMILES string of the molecule is CCC(=O)C(C)c1ncnc2sccc12. The Kier molecular flexibility index (Phi) is 2.77. The number of carbonyl (C=O) groups excluding carboxylic acids is 1. The summed E-state index contributed by atoms with van der Waals surface area (Å²) >= 11 is 1.58. The Balaban J connectivity index is 2.51. The van der Waals surface area contributed by atoms with Gasteiger partial charge in [-0.15, -0.1) is 11.3 Å². The van der Waals surface area contributed by atoms with Crippen LogP contribution in [0.3, 0.4) is 0 Å². The van der Waals surface area contributed by atoms with Crippen LogP contribution in [0.15, 0.2) is 17.8 Å². The second kappa shape index (κ2) is 4.06. The molecule has 1 unspecified atom stereocenters. The highest BCUT2D eigenvalue weighted by molar-refractivity contribution is 7.16. The van der Waals surface area contributed by atoms with E-state index in [1.54, 1.807) is 11.3 Å². The number of Topliss-reactive ketones (excluding diaryl/α,β-unsaturated/α-hetero) is 1. The number of hydrogen-bond acceptors (Lipinski definition) is 4. The van der Waals surface area contributed by atoms with Crippen LogP contribution in [0.5, 0.6) is 0 Å². The van der Waals surface area contributed by atoms with Crippen molar-refractivity contribution in [3.63, 3.8) is 0 Å². The Bertz CT molecular complexity index is 492. The maximum atomic E-state index is 11.6. The zero-order chi connectivity index (χ0) is 10.8. The van der Waals surface area contributed by atoms with E-state index in [1.165, 1.54) is 6.33 Å². The molecule has 15 heavy (non-hydrogen) atoms. The topological polar surface area (TPSA) is 42.9 Å². The monoisotopic (exact) mass is 220 g/mol. The van der Waals surface area contributed by atoms with Crippen LogP contribution in [-0.2, 0) is 4.79 Å². The van der Waals surface area contributed by atoms with E-state index in [0.717, 1.165) is 15.9 Å². The normalized spacial score (nSPS) is 12.9. The molecule has 2 aromatic rings. The van der Waals surface area contributed by atoms with Gasteiger partial charge in [0.15, 0.2) is 0 Å². The average Bonchev–Trinajstić information content (AvgIpc) is 2.74. The Morgan fingerprint density at radius 2 is 2.33 bits per heavy atom. The van der Waals surface area contributed by atoms with E-state index in [1.807, 2.05) is 25.3 Å². The molecule has 3 nitrogen and oxygen atoms in total. The molecule has 0 radical (unpaired) electrons. The first kappa shape index (κ1) is 10.2. The number of rotatable bonds is 3. The van der Waals surface area contributed by atoms with Crippen LogP contribution in [0.1, 0.15) is 31.9 Å². The van der Waals surface area contributed by atoms with E-state index in [2.05, 4.69) is 9.97 Å². The number of hydrogen-bond donors (Lipinski definition) is 0. The fraction of sp³-hybridized carbons (Fsp3) is 0.364. The van der Waals surface area contributed by atoms with E-state index >= 15 is 0 Å². The summed E-state index contributed by atoms with van der Waals surface area (Å²) in [6.07, 6.45) is 2.09. The van der Waals surface area contributed by atoms with Gasteiger partial charge in [-0.3, -0.25) is 4.79 Å². The first-order chi connectivity index (χ1) is 7.24. The number of carbonyl (C=O) groups is 1. The highest BCUT2D eigenvalue weighted by atomic mass is 32.1. The van der Waals surface area contributed by atoms with Crippen LogP contribution in [-0.4, -0.2) is 15.8 Å². The standard InChI is InChI=1S/C11H12N2OS/c1-3-9(14)7(2)10-8-4-5-15-11(8)13-6-12-10/h4-7H,3H2,1-2H3. The molecule has 2 heterocycles. The lowest BCUT2D eigenvalue weighted by molar-refractivity contribution is -0.119. The summed E-state index contributed by atoms with van der Waals surface area (Å²) in [5.41, 5.74) is 0.855. The highest BCUT2D eigenvalue weighted by Crippen LogP contribution is 2.26. The van der Waals surface area contributed by atoms with Gasteiger partial charge < -0.3 is 0 Å². The summed E-state index contributed by atoms with van der Waals surface area (Å²) in [6, 6.07) is 1.98. The molecule has 0 saturated carbocycles. The molecule has 0 saturated heterocycles. The summed E-state index contributed by atoms with van der Waals surface area (Å²) in [4.78, 5) is 21.0. The molecule has 2 aromatic heterocycles. The predicted molar refractivity (Wildman–Crippen MR) is 61.1 cm³/mol. The van der Waals surface area contributed by atoms with Crippen molar-refractivity contribution in [1.29, 1.82) is 0 Å². The van der Waals surface area contributed by atoms with Crippen LogP contribution in [0.2, 0.25) is 0 Å². The van der Waals surface area contributed by atoms with Gasteiger partial charge in [0.2, 0.25) is 0 Å². The van der Waals surface area contributed by atoms with Crippen molar-refractivity contribution in [2.75, 3.05) is 0 Å². The van der Waals surface area contributed by atoms with E-state index in [0.29, 0.717) is 6.42 Å². The van der Waals surface area contributed by atoms with Crippen LogP contribution in [0.4, 0.5) is 0 Å². The second-order valence-corrected chi connectivity index (χ2v) is 4.33. The third-order valence-electron chi connectivity index (χ3n) is 2.53. The van der Waals surface area contributed by atoms with Crippen molar-refractivity contribution in [1.82, 2.24) is 9.97 Å². The van der Waals surface area contributed by atoms with Gasteiger partial charge in [-0.05, 0) is 18.4 Å². The smallest absolute Gasteiger partial charge is 0.141 e. The molecule has 2 rings (SSSR count). The molecule has 1 atom stereocenters. The van der Waals surface area contributed by atoms with Crippen molar-refractivity contribution in [2.24, 2.45) is 0 Å². The predicted octanol–water partition coefficient (Wildman–Crippen LogP) is 2.77. The summed E-state index contributed by atoms with van der Waals surface area (Å²) < 4.78 is 0. The maximum absolute atomic E-state index is 11.6. The number of aromatic nitrogens is 2. The third kappa shape index (κ3) is 1.77. The number of ketones is 1. The molecule has 0 spiro atoms. The van der Waals surface area contributed by atoms with Gasteiger partial charge in [-0.1, -0.05) is 6.92 Å². The van der Waals surface area contributed by atoms with Crippen LogP contribution >= 0.6 is 11.3 Å². The quantitative estimate of drug-likeness (QED) is 0.798. The molecule has 0 fully saturated rings. The molecule has 78 valence electrons. The lowest BCUT2D eigenvalue weighted by atomic mass is 9.98. The van der Waals surface area contributed by atoms with Crippen molar-refractivity contribution in [2.45, 2.75) is 26.2 Å². The van der Waals surface area contributed by atoms with Crippen LogP contribution < -0.4 is 0 Å². The largest absolute Gasteiger partial charge is 0.299 e. The molecule has 0 aliphatic rings. The van der Waals surface area contributed by atoms with Crippen molar-refractivity contribution in [3.05, 3.63) is 23.5 Å².